The van der Waals surface area contributed by atoms with Crippen LogP contribution < -0.4 is 0 Å². The summed E-state index contributed by atoms with van der Waals surface area (Å²) in [6.07, 6.45) is -3.04. The van der Waals surface area contributed by atoms with Gasteiger partial charge in [0.15, 0.2) is 17.5 Å². The Hall–Kier alpha value is -1.20. The first-order valence-electron chi connectivity index (χ1n) is 8.91. The molecule has 0 amide bonds. The smallest absolute Gasteiger partial charge is 0.194 e. The van der Waals surface area contributed by atoms with Gasteiger partial charge in [-0.2, -0.15) is 0 Å². The van der Waals surface area contributed by atoms with Crippen LogP contribution in [0, 0.1) is 35.2 Å². The maximum absolute atomic E-state index is 14.8. The molecule has 7 atom stereocenters. The fraction of sp³-hybridized carbons (Fsp3) is 0.684. The van der Waals surface area contributed by atoms with Crippen molar-refractivity contribution >= 4 is 0 Å². The average Bonchev–Trinajstić information content (AvgIpc) is 2.71. The largest absolute Gasteiger partial charge is 0.247 e. The van der Waals surface area contributed by atoms with Crippen LogP contribution in [0.3, 0.4) is 0 Å². The number of alkyl halides is 3. The van der Waals surface area contributed by atoms with E-state index in [9.17, 15) is 26.3 Å². The summed E-state index contributed by atoms with van der Waals surface area (Å²) in [5.74, 6) is -7.28. The molecule has 1 aromatic carbocycles. The molecule has 0 N–H and O–H groups in total. The van der Waals surface area contributed by atoms with Crippen LogP contribution in [0.2, 0.25) is 0 Å². The molecule has 0 aromatic heterocycles. The minimum absolute atomic E-state index is 0.127. The minimum atomic E-state index is -1.58. The highest BCUT2D eigenvalue weighted by Crippen LogP contribution is 2.52. The Morgan fingerprint density at radius 3 is 2.20 bits per heavy atom. The van der Waals surface area contributed by atoms with Crippen LogP contribution in [-0.2, 0) is 0 Å². The summed E-state index contributed by atoms with van der Waals surface area (Å²) in [6.45, 7) is 1.84. The SMILES string of the molecule is CCCC1C(F)C2CCC(c3cc(F)c(F)c(F)c3)CC(F)C2C1F. The molecule has 7 unspecified atom stereocenters. The third-order valence-corrected chi connectivity index (χ3v) is 5.96. The highest BCUT2D eigenvalue weighted by atomic mass is 19.2. The molecule has 140 valence electrons. The van der Waals surface area contributed by atoms with Crippen LogP contribution in [0.5, 0.6) is 0 Å². The van der Waals surface area contributed by atoms with E-state index in [1.807, 2.05) is 6.92 Å². The Labute approximate surface area is 143 Å². The molecule has 0 aliphatic heterocycles. The third-order valence-electron chi connectivity index (χ3n) is 5.96. The Kier molecular flexibility index (Phi) is 5.35. The molecule has 2 fully saturated rings. The molecule has 0 nitrogen and oxygen atoms in total. The van der Waals surface area contributed by atoms with Crippen molar-refractivity contribution < 1.29 is 26.3 Å². The second-order valence-electron chi connectivity index (χ2n) is 7.41. The van der Waals surface area contributed by atoms with Gasteiger partial charge < -0.3 is 0 Å². The second-order valence-corrected chi connectivity index (χ2v) is 7.41. The lowest BCUT2D eigenvalue weighted by Crippen LogP contribution is -2.28. The van der Waals surface area contributed by atoms with Gasteiger partial charge in [-0.05, 0) is 55.2 Å². The molecule has 25 heavy (non-hydrogen) atoms. The van der Waals surface area contributed by atoms with Crippen molar-refractivity contribution in [1.29, 1.82) is 0 Å². The van der Waals surface area contributed by atoms with Gasteiger partial charge in [-0.25, -0.2) is 26.3 Å². The van der Waals surface area contributed by atoms with E-state index in [0.29, 0.717) is 19.3 Å². The molecule has 0 radical (unpaired) electrons. The highest BCUT2D eigenvalue weighted by Gasteiger charge is 2.55. The van der Waals surface area contributed by atoms with Crippen molar-refractivity contribution in [3.05, 3.63) is 35.1 Å². The van der Waals surface area contributed by atoms with Gasteiger partial charge in [0.25, 0.3) is 0 Å². The zero-order valence-electron chi connectivity index (χ0n) is 14.0. The molecule has 0 heterocycles. The molecular formula is C19H22F6. The van der Waals surface area contributed by atoms with Crippen LogP contribution in [0.25, 0.3) is 0 Å². The van der Waals surface area contributed by atoms with Crippen molar-refractivity contribution in [2.75, 3.05) is 0 Å². The standard InChI is InChI=1S/C19H22F6/c1-2-3-12-17(23)11-5-4-9(6-13(20)16(11)18(12)24)10-7-14(21)19(25)15(22)8-10/h7-9,11-13,16-18H,2-6H2,1H3. The van der Waals surface area contributed by atoms with Crippen LogP contribution >= 0.6 is 0 Å². The quantitative estimate of drug-likeness (QED) is 0.453. The summed E-state index contributed by atoms with van der Waals surface area (Å²) >= 11 is 0. The Morgan fingerprint density at radius 1 is 0.960 bits per heavy atom. The van der Waals surface area contributed by atoms with Gasteiger partial charge in [0.1, 0.15) is 18.5 Å². The molecule has 0 bridgehead atoms. The number of halogens is 6. The van der Waals surface area contributed by atoms with Crippen LogP contribution in [0.4, 0.5) is 26.3 Å². The maximum atomic E-state index is 14.8. The van der Waals surface area contributed by atoms with Crippen molar-refractivity contribution in [1.82, 2.24) is 0 Å². The molecule has 2 aliphatic rings. The van der Waals surface area contributed by atoms with Crippen LogP contribution in [0.1, 0.15) is 50.5 Å². The van der Waals surface area contributed by atoms with Crippen molar-refractivity contribution in [2.45, 2.75) is 63.5 Å². The number of hydrogen-bond donors (Lipinski definition) is 0. The number of hydrogen-bond acceptors (Lipinski definition) is 0. The zero-order valence-corrected chi connectivity index (χ0v) is 14.0. The summed E-state index contributed by atoms with van der Waals surface area (Å²) < 4.78 is 84.1. The van der Waals surface area contributed by atoms with Gasteiger partial charge in [-0.1, -0.05) is 13.3 Å². The maximum Gasteiger partial charge on any atom is 0.194 e. The molecular weight excluding hydrogens is 342 g/mol. The van der Waals surface area contributed by atoms with Crippen LogP contribution in [-0.4, -0.2) is 18.5 Å². The highest BCUT2D eigenvalue weighted by molar-refractivity contribution is 5.24. The van der Waals surface area contributed by atoms with E-state index in [2.05, 4.69) is 0 Å². The summed E-state index contributed by atoms with van der Waals surface area (Å²) in [6, 6.07) is 1.72. The van der Waals surface area contributed by atoms with Crippen molar-refractivity contribution in [3.8, 4) is 0 Å². The minimum Gasteiger partial charge on any atom is -0.247 e. The Bertz CT molecular complexity index is 595. The Balaban J connectivity index is 1.83. The topological polar surface area (TPSA) is 0 Å². The first-order valence-corrected chi connectivity index (χ1v) is 8.91. The van der Waals surface area contributed by atoms with E-state index in [4.69, 9.17) is 0 Å². The van der Waals surface area contributed by atoms with Gasteiger partial charge >= 0.3 is 0 Å². The number of fused-ring (bicyclic) bond motifs is 1. The zero-order chi connectivity index (χ0) is 18.3. The summed E-state index contributed by atoms with van der Waals surface area (Å²) in [4.78, 5) is 0. The normalized spacial score (nSPS) is 38.4. The van der Waals surface area contributed by atoms with Gasteiger partial charge in [0.05, 0.1) is 0 Å². The fourth-order valence-electron chi connectivity index (χ4n) is 4.75. The molecule has 6 heteroatoms. The lowest BCUT2D eigenvalue weighted by atomic mass is 9.87. The molecule has 0 spiro atoms. The molecule has 1 aromatic rings. The van der Waals surface area contributed by atoms with E-state index in [-0.39, 0.29) is 18.4 Å². The average molecular weight is 364 g/mol. The molecule has 2 saturated carbocycles. The van der Waals surface area contributed by atoms with Gasteiger partial charge in [0.2, 0.25) is 0 Å². The molecule has 2 aliphatic carbocycles. The monoisotopic (exact) mass is 364 g/mol. The van der Waals surface area contributed by atoms with Crippen molar-refractivity contribution in [2.24, 2.45) is 17.8 Å². The third kappa shape index (κ3) is 3.28. The van der Waals surface area contributed by atoms with E-state index >= 15 is 0 Å². The fourth-order valence-corrected chi connectivity index (χ4v) is 4.75. The number of benzene rings is 1. The number of rotatable bonds is 3. The lowest BCUT2D eigenvalue weighted by molar-refractivity contribution is 0.101. The summed E-state index contributed by atoms with van der Waals surface area (Å²) in [5.41, 5.74) is 0.148. The Morgan fingerprint density at radius 2 is 1.60 bits per heavy atom. The van der Waals surface area contributed by atoms with Gasteiger partial charge in [-0.3, -0.25) is 0 Å². The predicted molar refractivity (Wildman–Crippen MR) is 83.0 cm³/mol. The van der Waals surface area contributed by atoms with Gasteiger partial charge in [-0.15, -0.1) is 0 Å². The van der Waals surface area contributed by atoms with Gasteiger partial charge in [0, 0.05) is 11.8 Å². The van der Waals surface area contributed by atoms with Crippen LogP contribution in [0.15, 0.2) is 12.1 Å². The van der Waals surface area contributed by atoms with E-state index in [1.54, 1.807) is 0 Å². The summed E-state index contributed by atoms with van der Waals surface area (Å²) in [5, 5.41) is 0. The lowest BCUT2D eigenvalue weighted by Gasteiger charge is -2.23. The predicted octanol–water partition coefficient (Wildman–Crippen LogP) is 6.05. The first-order chi connectivity index (χ1) is 11.8. The summed E-state index contributed by atoms with van der Waals surface area (Å²) in [7, 11) is 0. The van der Waals surface area contributed by atoms with Crippen molar-refractivity contribution in [3.63, 3.8) is 0 Å². The molecule has 0 saturated heterocycles. The molecule has 3 rings (SSSR count). The van der Waals surface area contributed by atoms with E-state index in [1.165, 1.54) is 0 Å². The van der Waals surface area contributed by atoms with E-state index in [0.717, 1.165) is 12.1 Å². The first kappa shape index (κ1) is 18.6. The van der Waals surface area contributed by atoms with E-state index < -0.39 is 59.6 Å². The second kappa shape index (κ2) is 7.20.